The van der Waals surface area contributed by atoms with Gasteiger partial charge in [-0.05, 0) is 71.3 Å². The Hall–Kier alpha value is -2.71. The van der Waals surface area contributed by atoms with Crippen molar-refractivity contribution in [2.75, 3.05) is 17.3 Å². The number of aryl methyl sites for hydroxylation is 1. The zero-order valence-electron chi connectivity index (χ0n) is 21.0. The molecule has 4 aromatic carbocycles. The van der Waals surface area contributed by atoms with E-state index in [-0.39, 0.29) is 32.7 Å². The number of aromatic amines is 1. The number of amides is 1. The van der Waals surface area contributed by atoms with E-state index in [2.05, 4.69) is 65.1 Å². The predicted octanol–water partition coefficient (Wildman–Crippen LogP) is 9.51. The summed E-state index contributed by atoms with van der Waals surface area (Å²) in [6, 6.07) is 30.3. The molecule has 5 rings (SSSR count). The molecule has 0 aliphatic heterocycles. The van der Waals surface area contributed by atoms with Crippen LogP contribution < -0.4 is 5.32 Å². The number of carbonyl (C=O) groups excluding carboxylic acids is 1. The van der Waals surface area contributed by atoms with E-state index in [1.807, 2.05) is 30.3 Å². The van der Waals surface area contributed by atoms with E-state index in [0.29, 0.717) is 23.5 Å². The molecule has 0 saturated carbocycles. The summed E-state index contributed by atoms with van der Waals surface area (Å²) in [6.07, 6.45) is 5.44. The molecule has 0 bridgehead atoms. The van der Waals surface area contributed by atoms with Gasteiger partial charge in [0.05, 0.1) is 5.69 Å². The van der Waals surface area contributed by atoms with Crippen LogP contribution in [0.5, 0.6) is 0 Å². The SMILES string of the molecule is CSc1cccc(-c2ccc3[nH]cc([NH-])c3c2)c1.[NH-]c1ccc(SCCc2ccccc2)c(NC=O)c1.[Y]. The molecule has 1 amide bonds. The number of carbonyl (C=O) groups is 1. The van der Waals surface area contributed by atoms with Gasteiger partial charge >= 0.3 is 0 Å². The Morgan fingerprint density at radius 2 is 1.68 bits per heavy atom. The Balaban J connectivity index is 0.000000205. The molecule has 0 atom stereocenters. The van der Waals surface area contributed by atoms with E-state index in [1.165, 1.54) is 16.0 Å². The van der Waals surface area contributed by atoms with Crippen molar-refractivity contribution in [2.24, 2.45) is 0 Å². The van der Waals surface area contributed by atoms with Crippen LogP contribution in [0.1, 0.15) is 5.56 Å². The van der Waals surface area contributed by atoms with Crippen LogP contribution in [0.15, 0.2) is 107 Å². The Labute approximate surface area is 257 Å². The first-order valence-corrected chi connectivity index (χ1v) is 14.0. The van der Waals surface area contributed by atoms with Gasteiger partial charge in [-0.3, -0.25) is 4.79 Å². The van der Waals surface area contributed by atoms with Crippen LogP contribution in [0.25, 0.3) is 33.5 Å². The van der Waals surface area contributed by atoms with Gasteiger partial charge in [-0.25, -0.2) is 0 Å². The van der Waals surface area contributed by atoms with Crippen molar-refractivity contribution in [3.05, 3.63) is 114 Å². The number of nitrogens with one attached hydrogen (secondary N) is 4. The summed E-state index contributed by atoms with van der Waals surface area (Å²) >= 11 is 3.43. The zero-order valence-corrected chi connectivity index (χ0v) is 25.5. The Bertz CT molecular complexity index is 1470. The van der Waals surface area contributed by atoms with Gasteiger partial charge < -0.3 is 21.8 Å². The van der Waals surface area contributed by atoms with Gasteiger partial charge in [-0.1, -0.05) is 60.7 Å². The summed E-state index contributed by atoms with van der Waals surface area (Å²) in [6.45, 7) is 0. The number of rotatable bonds is 8. The summed E-state index contributed by atoms with van der Waals surface area (Å²) in [7, 11) is 0. The number of hydrogen-bond acceptors (Lipinski definition) is 3. The maximum Gasteiger partial charge on any atom is 0.211 e. The fourth-order valence-electron chi connectivity index (χ4n) is 3.86. The van der Waals surface area contributed by atoms with Crippen molar-refractivity contribution >= 4 is 57.9 Å². The minimum atomic E-state index is 0. The van der Waals surface area contributed by atoms with Crippen LogP contribution in [0.3, 0.4) is 0 Å². The standard InChI is InChI=1S/C15H15N2OS.C15H13N2S.Y/c16-13-6-7-15(14(10-13)17-11-18)19-9-8-12-4-2-1-3-5-12;1-18-12-4-2-3-10(7-12)11-5-6-15-13(8-11)14(16)9-17-15;/h1-7,10-11,16H,8-9H2,(H,17,18);2-9,16-17H,1H3;/q2*-1;. The molecule has 191 valence electrons. The molecule has 0 saturated heterocycles. The number of aromatic nitrogens is 1. The molecule has 0 unspecified atom stereocenters. The first-order chi connectivity index (χ1) is 18.1. The number of H-pyrrole nitrogens is 1. The third kappa shape index (κ3) is 8.14. The van der Waals surface area contributed by atoms with Crippen molar-refractivity contribution in [2.45, 2.75) is 16.2 Å². The van der Waals surface area contributed by atoms with Gasteiger partial charge in [0.25, 0.3) is 0 Å². The molecular formula is C30H28N4OS2Y-2. The number of benzene rings is 4. The van der Waals surface area contributed by atoms with Crippen LogP contribution in [-0.2, 0) is 43.9 Å². The second-order valence-electron chi connectivity index (χ2n) is 8.25. The molecule has 38 heavy (non-hydrogen) atoms. The first kappa shape index (κ1) is 29.8. The topological polar surface area (TPSA) is 92.5 Å². The monoisotopic (exact) mass is 613 g/mol. The summed E-state index contributed by atoms with van der Waals surface area (Å²) < 4.78 is 0. The van der Waals surface area contributed by atoms with Gasteiger partial charge in [-0.15, -0.1) is 34.9 Å². The molecule has 4 N–H and O–H groups in total. The first-order valence-electron chi connectivity index (χ1n) is 11.8. The summed E-state index contributed by atoms with van der Waals surface area (Å²) in [4.78, 5) is 15.9. The second-order valence-corrected chi connectivity index (χ2v) is 10.3. The number of fused-ring (bicyclic) bond motifs is 1. The van der Waals surface area contributed by atoms with E-state index >= 15 is 0 Å². The third-order valence-corrected chi connectivity index (χ3v) is 7.57. The van der Waals surface area contributed by atoms with Crippen LogP contribution in [-0.4, -0.2) is 23.4 Å². The molecule has 0 aliphatic carbocycles. The molecule has 1 radical (unpaired) electrons. The Morgan fingerprint density at radius 1 is 0.895 bits per heavy atom. The van der Waals surface area contributed by atoms with Gasteiger partial charge in [0.2, 0.25) is 6.41 Å². The minimum Gasteiger partial charge on any atom is -0.699 e. The van der Waals surface area contributed by atoms with Gasteiger partial charge in [-0.2, -0.15) is 0 Å². The van der Waals surface area contributed by atoms with Crippen molar-refractivity contribution in [1.29, 1.82) is 0 Å². The summed E-state index contributed by atoms with van der Waals surface area (Å²) in [5.41, 5.74) is 21.7. The normalized spacial score (nSPS) is 10.2. The van der Waals surface area contributed by atoms with Crippen molar-refractivity contribution in [3.63, 3.8) is 0 Å². The Kier molecular flexibility index (Phi) is 11.8. The summed E-state index contributed by atoms with van der Waals surface area (Å²) in [5.74, 6) is 0.939. The van der Waals surface area contributed by atoms with Gasteiger partial charge in [0.15, 0.2) is 0 Å². The van der Waals surface area contributed by atoms with Crippen molar-refractivity contribution < 1.29 is 37.5 Å². The van der Waals surface area contributed by atoms with E-state index in [4.69, 9.17) is 11.5 Å². The molecule has 5 aromatic rings. The third-order valence-electron chi connectivity index (χ3n) is 5.77. The van der Waals surface area contributed by atoms with Gasteiger partial charge in [0, 0.05) is 53.8 Å². The van der Waals surface area contributed by atoms with Crippen molar-refractivity contribution in [3.8, 4) is 11.1 Å². The molecule has 1 aromatic heterocycles. The number of thioether (sulfide) groups is 2. The predicted molar refractivity (Wildman–Crippen MR) is 160 cm³/mol. The molecule has 1 heterocycles. The fraction of sp³-hybridized carbons (Fsp3) is 0.100. The molecule has 8 heteroatoms. The fourth-order valence-corrected chi connectivity index (χ4v) is 5.31. The second kappa shape index (κ2) is 15.0. The summed E-state index contributed by atoms with van der Waals surface area (Å²) in [5, 5.41) is 3.62. The maximum atomic E-state index is 10.6. The maximum absolute atomic E-state index is 10.6. The van der Waals surface area contributed by atoms with E-state index in [1.54, 1.807) is 41.9 Å². The molecule has 0 spiro atoms. The number of hydrogen-bond donors (Lipinski definition) is 2. The molecule has 5 nitrogen and oxygen atoms in total. The van der Waals surface area contributed by atoms with Crippen LogP contribution >= 0.6 is 23.5 Å². The smallest absolute Gasteiger partial charge is 0.211 e. The van der Waals surface area contributed by atoms with Crippen LogP contribution in [0, 0.1) is 0 Å². The molecular weight excluding hydrogens is 585 g/mol. The average Bonchev–Trinajstić information content (AvgIpc) is 3.31. The average molecular weight is 614 g/mol. The largest absolute Gasteiger partial charge is 0.699 e. The van der Waals surface area contributed by atoms with Gasteiger partial charge in [0.1, 0.15) is 0 Å². The van der Waals surface area contributed by atoms with E-state index < -0.39 is 0 Å². The quantitative estimate of drug-likeness (QED) is 0.135. The minimum absolute atomic E-state index is 0. The number of anilines is 1. The molecule has 0 aliphatic rings. The van der Waals surface area contributed by atoms with Crippen LogP contribution in [0.4, 0.5) is 17.1 Å². The zero-order chi connectivity index (χ0) is 26.0. The van der Waals surface area contributed by atoms with E-state index in [0.717, 1.165) is 33.5 Å². The van der Waals surface area contributed by atoms with Crippen molar-refractivity contribution in [1.82, 2.24) is 4.98 Å². The Morgan fingerprint density at radius 3 is 2.45 bits per heavy atom. The molecule has 0 fully saturated rings. The van der Waals surface area contributed by atoms with E-state index in [9.17, 15) is 4.79 Å². The van der Waals surface area contributed by atoms with Crippen LogP contribution in [0.2, 0.25) is 0 Å².